The van der Waals surface area contributed by atoms with Crippen LogP contribution in [0.5, 0.6) is 0 Å². The fourth-order valence-electron chi connectivity index (χ4n) is 2.68. The normalized spacial score (nSPS) is 26.3. The maximum Gasteiger partial charge on any atom is 0.221 e. The van der Waals surface area contributed by atoms with E-state index in [-0.39, 0.29) is 47.7 Å². The molecule has 0 atom stereocenters. The number of hydrogen-bond acceptors (Lipinski definition) is 5. The number of sulfonamides is 1. The molecule has 2 N–H and O–H groups in total. The molecule has 0 aliphatic carbocycles. The zero-order valence-electron chi connectivity index (χ0n) is 33.5. The number of amides is 1. The number of carbonyl (C=O) groups excluding carboxylic acids is 1. The molecule has 0 bridgehead atoms. The molecular weight excluding hydrogens is 412 g/mol. The molecule has 1 aromatic rings. The van der Waals surface area contributed by atoms with E-state index >= 15 is 0 Å². The van der Waals surface area contributed by atoms with Crippen LogP contribution >= 0.6 is 12.3 Å². The van der Waals surface area contributed by atoms with Gasteiger partial charge in [-0.25, -0.2) is 13.1 Å². The molecule has 0 saturated carbocycles. The summed E-state index contributed by atoms with van der Waals surface area (Å²) in [4.78, 5) is 15.6. The van der Waals surface area contributed by atoms with Crippen LogP contribution in [0.15, 0.2) is 24.2 Å². The molecule has 9 heteroatoms. The summed E-state index contributed by atoms with van der Waals surface area (Å²) in [6, 6.07) is -0.294. The number of rotatable bonds is 10. The smallest absolute Gasteiger partial charge is 0.221 e. The summed E-state index contributed by atoms with van der Waals surface area (Å²) in [6.07, 6.45) is 0.263. The zero-order valence-corrected chi connectivity index (χ0v) is 17.1. The molecule has 29 heavy (non-hydrogen) atoms. The van der Waals surface area contributed by atoms with Crippen molar-refractivity contribution in [3.63, 3.8) is 0 Å². The number of nitrogens with zero attached hydrogens (tertiary/aromatic N) is 2. The van der Waals surface area contributed by atoms with Crippen molar-refractivity contribution in [1.82, 2.24) is 9.62 Å². The third-order valence-electron chi connectivity index (χ3n) is 3.93. The summed E-state index contributed by atoms with van der Waals surface area (Å²) in [5.74, 6) is -5.68. The minimum Gasteiger partial charge on any atom is -0.369 e. The van der Waals surface area contributed by atoms with E-state index in [0.717, 1.165) is 6.07 Å². The van der Waals surface area contributed by atoms with Gasteiger partial charge in [-0.1, -0.05) is 19.8 Å². The first-order chi connectivity index (χ1) is 21.1. The maximum absolute atomic E-state index is 12.8. The average molecular weight is 465 g/mol. The van der Waals surface area contributed by atoms with Crippen molar-refractivity contribution in [3.8, 4) is 0 Å². The van der Waals surface area contributed by atoms with E-state index in [1.54, 1.807) is 4.90 Å². The van der Waals surface area contributed by atoms with Gasteiger partial charge in [0.1, 0.15) is 2.58 Å². The Morgan fingerprint density at radius 3 is 2.83 bits per heavy atom. The molecule has 0 aromatic heterocycles. The highest BCUT2D eigenvalue weighted by Gasteiger charge is 2.17. The average Bonchev–Trinajstić information content (AvgIpc) is 2.93. The molecule has 1 amide bonds. The molecule has 1 aliphatic heterocycles. The van der Waals surface area contributed by atoms with Gasteiger partial charge in [0.2, 0.25) is 15.9 Å². The molecule has 1 aliphatic rings. The third-order valence-corrected chi connectivity index (χ3v) is 4.92. The predicted molar refractivity (Wildman–Crippen MR) is 123 cm³/mol. The first kappa shape index (κ1) is 9.42. The largest absolute Gasteiger partial charge is 0.369 e. The second-order valence-corrected chi connectivity index (χ2v) is 7.43. The van der Waals surface area contributed by atoms with Crippen molar-refractivity contribution in [2.24, 2.45) is 5.89 Å². The molecule has 1 fully saturated rings. The highest BCUT2D eigenvalue weighted by atomic mass is 35.5. The molecule has 0 spiro atoms. The monoisotopic (exact) mass is 464 g/mol. The van der Waals surface area contributed by atoms with Gasteiger partial charge in [0.15, 0.2) is 1.41 Å². The van der Waals surface area contributed by atoms with Gasteiger partial charge in [-0.15, -0.1) is 12.3 Å². The van der Waals surface area contributed by atoms with Crippen LogP contribution in [0.3, 0.4) is 0 Å². The number of piperazine rings is 1. The highest BCUT2D eigenvalue weighted by Crippen LogP contribution is 2.21. The van der Waals surface area contributed by atoms with Crippen molar-refractivity contribution < 1.29 is 36.6 Å². The molecule has 1 aromatic carbocycles. The lowest BCUT2D eigenvalue weighted by atomic mass is 10.2. The number of carbonyl (C=O) groups is 1. The van der Waals surface area contributed by atoms with Crippen LogP contribution in [0.4, 0.5) is 11.4 Å². The number of nitrogens with one attached hydrogen (secondary N) is 2. The minimum absolute atomic E-state index is 0.000140. The second kappa shape index (κ2) is 12.4. The lowest BCUT2D eigenvalue weighted by Gasteiger charge is -2.36. The SMILES string of the molecule is [2H]Cl.[2H]c1cc([2H])c(N([2H])C(=O)C([2H])([2H])[2H])c([2H])c1N1CCN(CCCCN([2H])S(=O)(=O)C([2H])([2H])C([2H])(C([2H])([2H])[2H])C([2H])([2H])[2H])CC1. The highest BCUT2D eigenvalue weighted by molar-refractivity contribution is 7.89. The molecular formula is C20H35ClN4O3S. The van der Waals surface area contributed by atoms with Crippen molar-refractivity contribution in [2.75, 3.05) is 55.2 Å². The number of benzene rings is 1. The maximum atomic E-state index is 12.8. The van der Waals surface area contributed by atoms with Crippen molar-refractivity contribution >= 4 is 39.6 Å². The van der Waals surface area contributed by atoms with E-state index in [2.05, 4.69) is 12.3 Å². The molecule has 7 nitrogen and oxygen atoms in total. The standard InChI is InChI=1S/C20H34N4O3S.ClH/c1-17(2)16-28(26,27)21-9-4-5-10-23-11-13-24(14-12-23)20-8-6-7-19(15-20)22-18(3)25;/h6-8,15,17,21H,4-5,9-14,16H2,1-3H3,(H,22,25);1H/i1D3,2D3,3D3,7D,8D,15D,16D2,17D;/hD3. The van der Waals surface area contributed by atoms with Crippen LogP contribution < -0.4 is 14.9 Å². The Morgan fingerprint density at radius 2 is 2.14 bits per heavy atom. The van der Waals surface area contributed by atoms with Crippen LogP contribution in [0, 0.1) is 5.89 Å². The summed E-state index contributed by atoms with van der Waals surface area (Å²) in [5.41, 5.74) is -4.75. The van der Waals surface area contributed by atoms with Crippen LogP contribution in [0.1, 0.15) is 54.0 Å². The zero-order chi connectivity index (χ0) is 37.1. The Morgan fingerprint density at radius 1 is 1.38 bits per heavy atom. The van der Waals surface area contributed by atoms with Crippen molar-refractivity contribution in [3.05, 3.63) is 24.2 Å². The van der Waals surface area contributed by atoms with Gasteiger partial charge in [0.25, 0.3) is 0 Å². The van der Waals surface area contributed by atoms with Gasteiger partial charge in [-0.05, 0) is 43.4 Å². The number of anilines is 2. The molecule has 0 radical (unpaired) electrons. The first-order valence-electron chi connectivity index (χ1n) is 17.3. The van der Waals surface area contributed by atoms with Crippen molar-refractivity contribution in [2.45, 2.75) is 33.4 Å². The third kappa shape index (κ3) is 9.80. The molecule has 166 valence electrons. The van der Waals surface area contributed by atoms with E-state index in [1.807, 2.05) is 4.90 Å². The summed E-state index contributed by atoms with van der Waals surface area (Å²) in [6.45, 7) is -9.98. The number of hydrogen-bond donors (Lipinski definition) is 2. The van der Waals surface area contributed by atoms with Gasteiger partial charge in [0, 0.05) is 67.4 Å². The van der Waals surface area contributed by atoms with Gasteiger partial charge in [-0.3, -0.25) is 9.69 Å². The molecule has 1 heterocycles. The fraction of sp³-hybridized carbons (Fsp3) is 0.650. The summed E-state index contributed by atoms with van der Waals surface area (Å²) in [5, 5.41) is -0.0333. The minimum atomic E-state index is -5.55. The summed E-state index contributed by atoms with van der Waals surface area (Å²) in [7, 11) is -5.55. The Bertz CT molecular complexity index is 1340. The second-order valence-electron chi connectivity index (χ2n) is 6.01. The van der Waals surface area contributed by atoms with Gasteiger partial charge < -0.3 is 10.2 Å². The summed E-state index contributed by atoms with van der Waals surface area (Å²) >= 11 is 3.89. The summed E-state index contributed by atoms with van der Waals surface area (Å²) < 4.78 is 161. The van der Waals surface area contributed by atoms with E-state index in [0.29, 0.717) is 19.6 Å². The number of unbranched alkanes of at least 4 members (excludes halogenated alkanes) is 1. The first-order valence-corrected chi connectivity index (χ1v) is 10.0. The predicted octanol–water partition coefficient (Wildman–Crippen LogP) is 2.54. The van der Waals surface area contributed by atoms with Crippen LogP contribution in [0.25, 0.3) is 0 Å². The molecule has 1 saturated heterocycles. The molecule has 2 rings (SSSR count). The Kier molecular flexibility index (Phi) is 4.02. The van der Waals surface area contributed by atoms with Crippen LogP contribution in [-0.2, 0) is 14.8 Å². The van der Waals surface area contributed by atoms with E-state index in [4.69, 9.17) is 24.6 Å². The van der Waals surface area contributed by atoms with Gasteiger partial charge >= 0.3 is 0 Å². The van der Waals surface area contributed by atoms with E-state index in [9.17, 15) is 13.2 Å². The van der Waals surface area contributed by atoms with Gasteiger partial charge in [0.05, 0.1) is 9.82 Å². The van der Waals surface area contributed by atoms with Crippen molar-refractivity contribution in [1.29, 1.82) is 1.17 Å². The van der Waals surface area contributed by atoms with E-state index in [1.165, 1.54) is 0 Å². The van der Waals surface area contributed by atoms with Gasteiger partial charge in [-0.2, -0.15) is 0 Å². The fourth-order valence-corrected chi connectivity index (χ4v) is 3.37. The lowest BCUT2D eigenvalue weighted by molar-refractivity contribution is -0.114. The Balaban J connectivity index is 0.00000541. The van der Waals surface area contributed by atoms with Crippen LogP contribution in [-0.4, -0.2) is 65.4 Å². The topological polar surface area (TPSA) is 81.8 Å². The number of halogens is 1. The quantitative estimate of drug-likeness (QED) is 0.520. The Labute approximate surface area is 206 Å². The molecule has 0 unspecified atom stereocenters. The Hall–Kier alpha value is -1.35. The van der Waals surface area contributed by atoms with Crippen LogP contribution in [0.2, 0.25) is 2.82 Å². The van der Waals surface area contributed by atoms with E-state index < -0.39 is 72.4 Å². The lowest BCUT2D eigenvalue weighted by Crippen LogP contribution is -2.46.